The molecule has 1 aromatic rings. The number of methoxy groups -OCH3 is 1. The third-order valence-corrected chi connectivity index (χ3v) is 3.12. The smallest absolute Gasteiger partial charge is 0.190 e. The molecule has 0 spiro atoms. The Labute approximate surface area is 93.4 Å². The van der Waals surface area contributed by atoms with Crippen LogP contribution in [0.15, 0.2) is 12.1 Å². The van der Waals surface area contributed by atoms with Gasteiger partial charge in [0, 0.05) is 5.54 Å². The van der Waals surface area contributed by atoms with E-state index in [9.17, 15) is 8.78 Å². The van der Waals surface area contributed by atoms with Gasteiger partial charge in [-0.2, -0.15) is 0 Å². The molecule has 0 radical (unpaired) electrons. The Morgan fingerprint density at radius 2 is 2.06 bits per heavy atom. The van der Waals surface area contributed by atoms with Crippen LogP contribution in [-0.2, 0) is 6.42 Å². The van der Waals surface area contributed by atoms with Crippen LogP contribution >= 0.6 is 0 Å². The Morgan fingerprint density at radius 1 is 1.38 bits per heavy atom. The van der Waals surface area contributed by atoms with Gasteiger partial charge in [-0.1, -0.05) is 6.07 Å². The zero-order chi connectivity index (χ0) is 11.8. The van der Waals surface area contributed by atoms with Crippen molar-refractivity contribution in [3.8, 4) is 5.75 Å². The molecule has 0 bridgehead atoms. The lowest BCUT2D eigenvalue weighted by molar-refractivity contribution is 0.357. The Morgan fingerprint density at radius 3 is 2.62 bits per heavy atom. The molecule has 1 fully saturated rings. The van der Waals surface area contributed by atoms with Crippen LogP contribution in [0.25, 0.3) is 0 Å². The van der Waals surface area contributed by atoms with Crippen molar-refractivity contribution in [2.45, 2.75) is 31.2 Å². The van der Waals surface area contributed by atoms with Crippen molar-refractivity contribution < 1.29 is 13.5 Å². The summed E-state index contributed by atoms with van der Waals surface area (Å²) in [4.78, 5) is 0. The van der Waals surface area contributed by atoms with Gasteiger partial charge in [-0.15, -0.1) is 0 Å². The van der Waals surface area contributed by atoms with Crippen molar-refractivity contribution in [1.29, 1.82) is 0 Å². The minimum Gasteiger partial charge on any atom is -0.491 e. The molecule has 88 valence electrons. The van der Waals surface area contributed by atoms with Gasteiger partial charge in [-0.05, 0) is 37.3 Å². The molecule has 0 unspecified atom stereocenters. The molecule has 0 atom stereocenters. The summed E-state index contributed by atoms with van der Waals surface area (Å²) in [7, 11) is 1.26. The first-order valence-electron chi connectivity index (χ1n) is 5.35. The first-order valence-corrected chi connectivity index (χ1v) is 5.35. The summed E-state index contributed by atoms with van der Waals surface area (Å²) >= 11 is 0. The molecule has 1 aromatic carbocycles. The molecular weight excluding hydrogens is 212 g/mol. The van der Waals surface area contributed by atoms with Gasteiger partial charge in [0.1, 0.15) is 0 Å². The monoisotopic (exact) mass is 227 g/mol. The first kappa shape index (κ1) is 11.3. The fraction of sp³-hybridized carbons (Fsp3) is 0.500. The summed E-state index contributed by atoms with van der Waals surface area (Å²) in [6.45, 7) is 0. The Bertz CT molecular complexity index is 402. The average molecular weight is 227 g/mol. The maximum atomic E-state index is 13.7. The normalized spacial score (nSPS) is 17.2. The zero-order valence-corrected chi connectivity index (χ0v) is 9.22. The lowest BCUT2D eigenvalue weighted by atomic mass is 10.0. The van der Waals surface area contributed by atoms with Crippen LogP contribution in [0.4, 0.5) is 8.78 Å². The van der Waals surface area contributed by atoms with Gasteiger partial charge in [-0.3, -0.25) is 0 Å². The number of benzene rings is 1. The minimum absolute atomic E-state index is 0.117. The second-order valence-electron chi connectivity index (χ2n) is 4.42. The largest absolute Gasteiger partial charge is 0.491 e. The van der Waals surface area contributed by atoms with Crippen LogP contribution in [0.2, 0.25) is 0 Å². The summed E-state index contributed by atoms with van der Waals surface area (Å²) in [5.74, 6) is -1.58. The van der Waals surface area contributed by atoms with Crippen LogP contribution in [0, 0.1) is 11.6 Å². The van der Waals surface area contributed by atoms with E-state index in [1.54, 1.807) is 0 Å². The Balaban J connectivity index is 2.14. The topological polar surface area (TPSA) is 35.2 Å². The van der Waals surface area contributed by atoms with E-state index in [0.717, 1.165) is 19.3 Å². The molecule has 1 aliphatic carbocycles. The van der Waals surface area contributed by atoms with Gasteiger partial charge in [0.15, 0.2) is 17.4 Å². The highest BCUT2D eigenvalue weighted by Crippen LogP contribution is 2.37. The Kier molecular flexibility index (Phi) is 2.84. The van der Waals surface area contributed by atoms with Crippen LogP contribution < -0.4 is 10.5 Å². The molecule has 0 heterocycles. The SMILES string of the molecule is COc1c(F)ccc(CCC2(N)CC2)c1F. The van der Waals surface area contributed by atoms with E-state index in [-0.39, 0.29) is 11.3 Å². The molecule has 1 aliphatic rings. The molecule has 16 heavy (non-hydrogen) atoms. The molecule has 0 saturated heterocycles. The van der Waals surface area contributed by atoms with Crippen LogP contribution in [-0.4, -0.2) is 12.6 Å². The average Bonchev–Trinajstić information content (AvgIpc) is 2.97. The summed E-state index contributed by atoms with van der Waals surface area (Å²) in [5, 5.41) is 0. The highest BCUT2D eigenvalue weighted by Gasteiger charge is 2.37. The van der Waals surface area contributed by atoms with Gasteiger partial charge >= 0.3 is 0 Å². The van der Waals surface area contributed by atoms with Crippen LogP contribution in [0.1, 0.15) is 24.8 Å². The number of nitrogens with two attached hydrogens (primary N) is 1. The fourth-order valence-corrected chi connectivity index (χ4v) is 1.75. The molecule has 4 heteroatoms. The van der Waals surface area contributed by atoms with Gasteiger partial charge in [0.2, 0.25) is 0 Å². The summed E-state index contributed by atoms with van der Waals surface area (Å²) in [6, 6.07) is 2.69. The van der Waals surface area contributed by atoms with Crippen LogP contribution in [0.5, 0.6) is 5.75 Å². The molecule has 2 N–H and O–H groups in total. The molecule has 1 saturated carbocycles. The molecule has 0 amide bonds. The third-order valence-electron chi connectivity index (χ3n) is 3.12. The molecular formula is C12H15F2NO. The van der Waals surface area contributed by atoms with Crippen molar-refractivity contribution in [3.05, 3.63) is 29.3 Å². The standard InChI is InChI=1S/C12H15F2NO/c1-16-11-9(13)3-2-8(10(11)14)4-5-12(15)6-7-12/h2-3H,4-7,15H2,1H3. The predicted molar refractivity (Wildman–Crippen MR) is 57.4 cm³/mol. The van der Waals surface area contributed by atoms with E-state index < -0.39 is 11.6 Å². The number of hydrogen-bond donors (Lipinski definition) is 1. The zero-order valence-electron chi connectivity index (χ0n) is 9.22. The van der Waals surface area contributed by atoms with Gasteiger partial charge in [0.05, 0.1) is 7.11 Å². The molecule has 0 aromatic heterocycles. The highest BCUT2D eigenvalue weighted by atomic mass is 19.1. The summed E-state index contributed by atoms with van der Waals surface area (Å²) < 4.78 is 31.5. The number of halogens is 2. The number of ether oxygens (including phenoxy) is 1. The fourth-order valence-electron chi connectivity index (χ4n) is 1.75. The van der Waals surface area contributed by atoms with E-state index in [1.165, 1.54) is 19.2 Å². The van der Waals surface area contributed by atoms with Gasteiger partial charge in [0.25, 0.3) is 0 Å². The van der Waals surface area contributed by atoms with Gasteiger partial charge in [-0.25, -0.2) is 8.78 Å². The van der Waals surface area contributed by atoms with E-state index in [0.29, 0.717) is 12.0 Å². The maximum Gasteiger partial charge on any atom is 0.190 e. The van der Waals surface area contributed by atoms with E-state index >= 15 is 0 Å². The Hall–Kier alpha value is -1.16. The lowest BCUT2D eigenvalue weighted by Crippen LogP contribution is -2.22. The minimum atomic E-state index is -0.669. The molecule has 0 aliphatic heterocycles. The first-order chi connectivity index (χ1) is 7.56. The molecule has 2 nitrogen and oxygen atoms in total. The van der Waals surface area contributed by atoms with E-state index in [2.05, 4.69) is 4.74 Å². The second-order valence-corrected chi connectivity index (χ2v) is 4.42. The van der Waals surface area contributed by atoms with E-state index in [4.69, 9.17) is 5.73 Å². The highest BCUT2D eigenvalue weighted by molar-refractivity contribution is 5.33. The number of hydrogen-bond acceptors (Lipinski definition) is 2. The van der Waals surface area contributed by atoms with Gasteiger partial charge < -0.3 is 10.5 Å². The van der Waals surface area contributed by atoms with E-state index in [1.807, 2.05) is 0 Å². The number of aryl methyl sites for hydroxylation is 1. The van der Waals surface area contributed by atoms with Crippen molar-refractivity contribution in [1.82, 2.24) is 0 Å². The lowest BCUT2D eigenvalue weighted by Gasteiger charge is -2.11. The third kappa shape index (κ3) is 2.16. The quantitative estimate of drug-likeness (QED) is 0.857. The van der Waals surface area contributed by atoms with Crippen molar-refractivity contribution in [3.63, 3.8) is 0 Å². The second kappa shape index (κ2) is 4.01. The maximum absolute atomic E-state index is 13.7. The summed E-state index contributed by atoms with van der Waals surface area (Å²) in [5.41, 5.74) is 6.27. The summed E-state index contributed by atoms with van der Waals surface area (Å²) in [6.07, 6.45) is 3.25. The van der Waals surface area contributed by atoms with Crippen LogP contribution in [0.3, 0.4) is 0 Å². The number of rotatable bonds is 4. The van der Waals surface area contributed by atoms with Crippen molar-refractivity contribution in [2.24, 2.45) is 5.73 Å². The van der Waals surface area contributed by atoms with Crippen molar-refractivity contribution >= 4 is 0 Å². The predicted octanol–water partition coefficient (Wildman–Crippen LogP) is 2.40. The van der Waals surface area contributed by atoms with Crippen molar-refractivity contribution in [2.75, 3.05) is 7.11 Å². The molecule has 2 rings (SSSR count).